The summed E-state index contributed by atoms with van der Waals surface area (Å²) in [6.45, 7) is 0.702. The maximum absolute atomic E-state index is 12.3. The Kier molecular flexibility index (Phi) is 4.33. The Morgan fingerprint density at radius 1 is 1.33 bits per heavy atom. The fourth-order valence-electron chi connectivity index (χ4n) is 1.87. The summed E-state index contributed by atoms with van der Waals surface area (Å²) in [5, 5.41) is 9.87. The molecule has 0 radical (unpaired) electrons. The molecule has 1 N–H and O–H groups in total. The first-order chi connectivity index (χ1) is 8.41. The second-order valence-corrected chi connectivity index (χ2v) is 7.41. The molecule has 1 aliphatic heterocycles. The number of piperidine rings is 1. The SMILES string of the molecule is O=S(=O)(c1ccc(Cl)c(Br)c1)N1CCC(O)CC1. The van der Waals surface area contributed by atoms with Crippen molar-refractivity contribution in [3.8, 4) is 0 Å². The molecule has 7 heteroatoms. The Morgan fingerprint density at radius 3 is 2.50 bits per heavy atom. The summed E-state index contributed by atoms with van der Waals surface area (Å²) >= 11 is 9.06. The maximum Gasteiger partial charge on any atom is 0.243 e. The summed E-state index contributed by atoms with van der Waals surface area (Å²) in [7, 11) is -3.49. The van der Waals surface area contributed by atoms with E-state index in [1.54, 1.807) is 6.07 Å². The Bertz CT molecular complexity index is 541. The minimum absolute atomic E-state index is 0.218. The van der Waals surface area contributed by atoms with Gasteiger partial charge < -0.3 is 5.11 Å². The van der Waals surface area contributed by atoms with Gasteiger partial charge in [0.25, 0.3) is 0 Å². The number of hydrogen-bond acceptors (Lipinski definition) is 3. The number of nitrogens with zero attached hydrogens (tertiary/aromatic N) is 1. The van der Waals surface area contributed by atoms with Gasteiger partial charge in [0.05, 0.1) is 16.0 Å². The molecule has 100 valence electrons. The zero-order valence-electron chi connectivity index (χ0n) is 9.51. The summed E-state index contributed by atoms with van der Waals surface area (Å²) in [5.41, 5.74) is 0. The van der Waals surface area contributed by atoms with E-state index in [1.165, 1.54) is 16.4 Å². The van der Waals surface area contributed by atoms with Gasteiger partial charge in [-0.3, -0.25) is 0 Å². The minimum atomic E-state index is -3.49. The van der Waals surface area contributed by atoms with Gasteiger partial charge in [-0.2, -0.15) is 4.31 Å². The van der Waals surface area contributed by atoms with Crippen LogP contribution < -0.4 is 0 Å². The molecule has 1 aliphatic rings. The summed E-state index contributed by atoms with van der Waals surface area (Å²) in [6.07, 6.45) is 0.565. The normalized spacial score (nSPS) is 19.1. The quantitative estimate of drug-likeness (QED) is 0.886. The monoisotopic (exact) mass is 353 g/mol. The van der Waals surface area contributed by atoms with Crippen LogP contribution in [0, 0.1) is 0 Å². The van der Waals surface area contributed by atoms with Gasteiger partial charge in [0, 0.05) is 17.6 Å². The van der Waals surface area contributed by atoms with Crippen molar-refractivity contribution in [2.75, 3.05) is 13.1 Å². The van der Waals surface area contributed by atoms with E-state index in [2.05, 4.69) is 15.9 Å². The minimum Gasteiger partial charge on any atom is -0.393 e. The molecule has 0 atom stereocenters. The highest BCUT2D eigenvalue weighted by atomic mass is 79.9. The Balaban J connectivity index is 2.27. The predicted octanol–water partition coefficient (Wildman–Crippen LogP) is 2.25. The molecular formula is C11H13BrClNO3S. The van der Waals surface area contributed by atoms with Crippen LogP contribution >= 0.6 is 27.5 Å². The molecule has 0 spiro atoms. The van der Waals surface area contributed by atoms with Crippen molar-refractivity contribution in [2.24, 2.45) is 0 Å². The first-order valence-corrected chi connectivity index (χ1v) is 8.15. The average molecular weight is 355 g/mol. The van der Waals surface area contributed by atoms with Crippen LogP contribution in [0.5, 0.6) is 0 Å². The van der Waals surface area contributed by atoms with Gasteiger partial charge in [-0.25, -0.2) is 8.42 Å². The molecule has 1 heterocycles. The number of hydrogen-bond donors (Lipinski definition) is 1. The van der Waals surface area contributed by atoms with Crippen LogP contribution in [0.15, 0.2) is 27.6 Å². The van der Waals surface area contributed by atoms with Gasteiger partial charge >= 0.3 is 0 Å². The molecule has 4 nitrogen and oxygen atoms in total. The van der Waals surface area contributed by atoms with Gasteiger partial charge in [0.2, 0.25) is 10.0 Å². The third-order valence-corrected chi connectivity index (χ3v) is 6.06. The van der Waals surface area contributed by atoms with E-state index in [9.17, 15) is 13.5 Å². The van der Waals surface area contributed by atoms with Crippen LogP contribution in [0.25, 0.3) is 0 Å². The largest absolute Gasteiger partial charge is 0.393 e. The number of aliphatic hydroxyl groups is 1. The predicted molar refractivity (Wildman–Crippen MR) is 73.2 cm³/mol. The number of benzene rings is 1. The maximum atomic E-state index is 12.3. The molecule has 0 bridgehead atoms. The van der Waals surface area contributed by atoms with Crippen molar-refractivity contribution >= 4 is 37.6 Å². The van der Waals surface area contributed by atoms with Crippen LogP contribution in [0.1, 0.15) is 12.8 Å². The van der Waals surface area contributed by atoms with Gasteiger partial charge in [0.15, 0.2) is 0 Å². The van der Waals surface area contributed by atoms with Crippen LogP contribution in [0.3, 0.4) is 0 Å². The van der Waals surface area contributed by atoms with Gasteiger partial charge in [0.1, 0.15) is 0 Å². The van der Waals surface area contributed by atoms with Crippen molar-refractivity contribution in [3.63, 3.8) is 0 Å². The van der Waals surface area contributed by atoms with E-state index in [0.717, 1.165) is 0 Å². The standard InChI is InChI=1S/C11H13BrClNO3S/c12-10-7-9(1-2-11(10)13)18(16,17)14-5-3-8(15)4-6-14/h1-2,7-8,15H,3-6H2. The fourth-order valence-corrected chi connectivity index (χ4v) is 4.01. The zero-order chi connectivity index (χ0) is 13.3. The molecule has 1 saturated heterocycles. The molecule has 0 aromatic heterocycles. The Morgan fingerprint density at radius 2 is 1.94 bits per heavy atom. The number of sulfonamides is 1. The topological polar surface area (TPSA) is 57.6 Å². The van der Waals surface area contributed by atoms with E-state index in [1.807, 2.05) is 0 Å². The third-order valence-electron chi connectivity index (χ3n) is 2.95. The van der Waals surface area contributed by atoms with Gasteiger partial charge in [-0.15, -0.1) is 0 Å². The molecule has 1 aromatic carbocycles. The highest BCUT2D eigenvalue weighted by Crippen LogP contribution is 2.28. The summed E-state index contributed by atoms with van der Waals surface area (Å²) in [5.74, 6) is 0. The second-order valence-electron chi connectivity index (χ2n) is 4.21. The van der Waals surface area contributed by atoms with Crippen LogP contribution in [-0.2, 0) is 10.0 Å². The number of halogens is 2. The van der Waals surface area contributed by atoms with Crippen molar-refractivity contribution in [2.45, 2.75) is 23.8 Å². The summed E-state index contributed by atoms with van der Waals surface area (Å²) in [6, 6.07) is 4.55. The van der Waals surface area contributed by atoms with E-state index >= 15 is 0 Å². The molecule has 1 aromatic rings. The Labute approximate surface area is 120 Å². The number of aliphatic hydroxyl groups excluding tert-OH is 1. The van der Waals surface area contributed by atoms with Gasteiger partial charge in [-0.1, -0.05) is 11.6 Å². The third kappa shape index (κ3) is 2.88. The van der Waals surface area contributed by atoms with Crippen LogP contribution in [0.4, 0.5) is 0 Å². The number of rotatable bonds is 2. The van der Waals surface area contributed by atoms with Crippen LogP contribution in [0.2, 0.25) is 5.02 Å². The molecule has 0 saturated carbocycles. The first-order valence-electron chi connectivity index (χ1n) is 5.54. The summed E-state index contributed by atoms with van der Waals surface area (Å²) in [4.78, 5) is 0.218. The molecule has 2 rings (SSSR count). The van der Waals surface area contributed by atoms with Crippen molar-refractivity contribution in [1.82, 2.24) is 4.31 Å². The van der Waals surface area contributed by atoms with E-state index < -0.39 is 16.1 Å². The molecule has 0 amide bonds. The Hall–Kier alpha value is -0.140. The lowest BCUT2D eigenvalue weighted by Gasteiger charge is -2.28. The lowest BCUT2D eigenvalue weighted by molar-refractivity contribution is 0.113. The van der Waals surface area contributed by atoms with E-state index in [4.69, 9.17) is 11.6 Å². The zero-order valence-corrected chi connectivity index (χ0v) is 12.7. The van der Waals surface area contributed by atoms with Crippen LogP contribution in [-0.4, -0.2) is 37.0 Å². The lowest BCUT2D eigenvalue weighted by atomic mass is 10.1. The lowest BCUT2D eigenvalue weighted by Crippen LogP contribution is -2.39. The van der Waals surface area contributed by atoms with Gasteiger partial charge in [-0.05, 0) is 47.0 Å². The molecule has 18 heavy (non-hydrogen) atoms. The molecular weight excluding hydrogens is 342 g/mol. The van der Waals surface area contributed by atoms with Crippen molar-refractivity contribution in [3.05, 3.63) is 27.7 Å². The average Bonchev–Trinajstić information content (AvgIpc) is 2.33. The highest BCUT2D eigenvalue weighted by molar-refractivity contribution is 9.10. The summed E-state index contributed by atoms with van der Waals surface area (Å²) < 4.78 is 26.6. The molecule has 0 unspecified atom stereocenters. The van der Waals surface area contributed by atoms with Crippen molar-refractivity contribution < 1.29 is 13.5 Å². The molecule has 0 aliphatic carbocycles. The highest BCUT2D eigenvalue weighted by Gasteiger charge is 2.28. The first kappa shape index (κ1) is 14.3. The van der Waals surface area contributed by atoms with E-state index in [0.29, 0.717) is 35.4 Å². The smallest absolute Gasteiger partial charge is 0.243 e. The molecule has 1 fully saturated rings. The fraction of sp³-hybridized carbons (Fsp3) is 0.455. The second kappa shape index (κ2) is 5.46. The van der Waals surface area contributed by atoms with E-state index in [-0.39, 0.29) is 4.90 Å². The van der Waals surface area contributed by atoms with Crippen molar-refractivity contribution in [1.29, 1.82) is 0 Å².